The van der Waals surface area contributed by atoms with E-state index in [1.807, 2.05) is 0 Å². The molecule has 110 valence electrons. The van der Waals surface area contributed by atoms with Gasteiger partial charge in [-0.1, -0.05) is 30.3 Å². The first-order chi connectivity index (χ1) is 9.28. The second-order valence-electron chi connectivity index (χ2n) is 4.26. The third-order valence-corrected chi connectivity index (χ3v) is 2.55. The van der Waals surface area contributed by atoms with E-state index < -0.39 is 36.9 Å². The van der Waals surface area contributed by atoms with Gasteiger partial charge in [0.15, 0.2) is 0 Å². The van der Waals surface area contributed by atoms with Gasteiger partial charge in [0.1, 0.15) is 6.04 Å². The molecule has 0 heterocycles. The van der Waals surface area contributed by atoms with Gasteiger partial charge in [-0.25, -0.2) is 4.79 Å². The number of rotatable bonds is 6. The highest BCUT2D eigenvalue weighted by atomic mass is 19.4. The second kappa shape index (κ2) is 6.93. The lowest BCUT2D eigenvalue weighted by molar-refractivity contribution is -0.146. The minimum atomic E-state index is -4.44. The van der Waals surface area contributed by atoms with Crippen molar-refractivity contribution in [3.8, 4) is 0 Å². The van der Waals surface area contributed by atoms with Gasteiger partial charge in [-0.3, -0.25) is 4.79 Å². The molecule has 0 aromatic heterocycles. The number of carboxylic acids is 1. The van der Waals surface area contributed by atoms with E-state index in [-0.39, 0.29) is 6.42 Å². The number of benzene rings is 1. The lowest BCUT2D eigenvalue weighted by Gasteiger charge is -2.15. The van der Waals surface area contributed by atoms with Crippen molar-refractivity contribution in [3.63, 3.8) is 0 Å². The Morgan fingerprint density at radius 2 is 1.80 bits per heavy atom. The Balaban J connectivity index is 2.55. The van der Waals surface area contributed by atoms with Gasteiger partial charge >= 0.3 is 12.1 Å². The summed E-state index contributed by atoms with van der Waals surface area (Å²) in [6, 6.07) is 7.29. The predicted octanol–water partition coefficient (Wildman–Crippen LogP) is 2.14. The summed E-state index contributed by atoms with van der Waals surface area (Å²) in [7, 11) is 0. The minimum absolute atomic E-state index is 0.0218. The van der Waals surface area contributed by atoms with Gasteiger partial charge in [0, 0.05) is 12.8 Å². The van der Waals surface area contributed by atoms with Crippen molar-refractivity contribution in [2.45, 2.75) is 31.5 Å². The fraction of sp³-hybridized carbons (Fsp3) is 0.385. The summed E-state index contributed by atoms with van der Waals surface area (Å²) in [4.78, 5) is 22.3. The van der Waals surface area contributed by atoms with E-state index in [9.17, 15) is 22.8 Å². The highest BCUT2D eigenvalue weighted by Crippen LogP contribution is 2.21. The fourth-order valence-corrected chi connectivity index (χ4v) is 1.57. The van der Waals surface area contributed by atoms with Crippen molar-refractivity contribution in [2.75, 3.05) is 0 Å². The Bertz CT molecular complexity index is 460. The molecule has 0 aliphatic heterocycles. The maximum atomic E-state index is 12.0. The number of hydrogen-bond donors (Lipinski definition) is 2. The van der Waals surface area contributed by atoms with Crippen LogP contribution in [0.4, 0.5) is 13.2 Å². The number of alkyl halides is 3. The molecule has 2 N–H and O–H groups in total. The molecule has 0 saturated heterocycles. The lowest BCUT2D eigenvalue weighted by Crippen LogP contribution is -2.42. The zero-order chi connectivity index (χ0) is 15.2. The van der Waals surface area contributed by atoms with Crippen LogP contribution in [0.3, 0.4) is 0 Å². The Morgan fingerprint density at radius 3 is 2.30 bits per heavy atom. The van der Waals surface area contributed by atoms with Gasteiger partial charge in [-0.15, -0.1) is 0 Å². The summed E-state index contributed by atoms with van der Waals surface area (Å²) in [5, 5.41) is 11.1. The van der Waals surface area contributed by atoms with Gasteiger partial charge in [0.25, 0.3) is 0 Å². The van der Waals surface area contributed by atoms with Crippen LogP contribution < -0.4 is 5.32 Å². The topological polar surface area (TPSA) is 66.4 Å². The van der Waals surface area contributed by atoms with E-state index in [2.05, 4.69) is 5.32 Å². The molecule has 0 aliphatic carbocycles. The van der Waals surface area contributed by atoms with E-state index in [0.717, 1.165) is 0 Å². The van der Waals surface area contributed by atoms with Crippen molar-refractivity contribution in [1.82, 2.24) is 5.32 Å². The number of hydrogen-bond acceptors (Lipinski definition) is 2. The molecule has 1 aromatic carbocycles. The van der Waals surface area contributed by atoms with Crippen LogP contribution in [0.2, 0.25) is 0 Å². The Hall–Kier alpha value is -2.05. The summed E-state index contributed by atoms with van der Waals surface area (Å²) in [6.07, 6.45) is -6.46. The molecule has 20 heavy (non-hydrogen) atoms. The predicted molar refractivity (Wildman–Crippen MR) is 65.0 cm³/mol. The summed E-state index contributed by atoms with van der Waals surface area (Å²) in [6.45, 7) is 0. The zero-order valence-electron chi connectivity index (χ0n) is 10.5. The molecule has 0 bridgehead atoms. The van der Waals surface area contributed by atoms with Crippen molar-refractivity contribution in [3.05, 3.63) is 35.9 Å². The van der Waals surface area contributed by atoms with Crippen molar-refractivity contribution in [1.29, 1.82) is 0 Å². The van der Waals surface area contributed by atoms with Crippen LogP contribution >= 0.6 is 0 Å². The summed E-state index contributed by atoms with van der Waals surface area (Å²) < 4.78 is 35.9. The minimum Gasteiger partial charge on any atom is -0.480 e. The third kappa shape index (κ3) is 6.21. The number of carbonyl (C=O) groups is 2. The largest absolute Gasteiger partial charge is 0.480 e. The molecule has 1 atom stereocenters. The van der Waals surface area contributed by atoms with Crippen LogP contribution in [0.5, 0.6) is 0 Å². The van der Waals surface area contributed by atoms with E-state index >= 15 is 0 Å². The first kappa shape index (κ1) is 16.0. The molecule has 0 spiro atoms. The first-order valence-corrected chi connectivity index (χ1v) is 5.91. The van der Waals surface area contributed by atoms with E-state index in [4.69, 9.17) is 5.11 Å². The number of amides is 1. The molecule has 0 aliphatic rings. The molecule has 1 amide bonds. The van der Waals surface area contributed by atoms with Gasteiger partial charge in [-0.05, 0) is 5.56 Å². The monoisotopic (exact) mass is 289 g/mol. The van der Waals surface area contributed by atoms with Crippen LogP contribution in [0, 0.1) is 0 Å². The quantitative estimate of drug-likeness (QED) is 0.843. The molecule has 0 fully saturated rings. The Labute approximate surface area is 113 Å². The number of carbonyl (C=O) groups excluding carboxylic acids is 1. The van der Waals surface area contributed by atoms with E-state index in [1.54, 1.807) is 30.3 Å². The number of halogens is 3. The molecule has 4 nitrogen and oxygen atoms in total. The van der Waals surface area contributed by atoms with Crippen molar-refractivity contribution in [2.24, 2.45) is 0 Å². The summed E-state index contributed by atoms with van der Waals surface area (Å²) in [5.74, 6) is -2.21. The molecule has 0 saturated carbocycles. The fourth-order valence-electron chi connectivity index (χ4n) is 1.57. The lowest BCUT2D eigenvalue weighted by atomic mass is 10.1. The number of carboxylic acid groups (broad SMARTS) is 1. The number of aliphatic carboxylic acids is 1. The molecule has 1 aromatic rings. The van der Waals surface area contributed by atoms with E-state index in [0.29, 0.717) is 5.56 Å². The summed E-state index contributed by atoms with van der Waals surface area (Å²) in [5.41, 5.74) is 0.677. The normalized spacial score (nSPS) is 12.8. The third-order valence-electron chi connectivity index (χ3n) is 2.55. The second-order valence-corrected chi connectivity index (χ2v) is 4.26. The van der Waals surface area contributed by atoms with Gasteiger partial charge in [-0.2, -0.15) is 13.2 Å². The highest BCUT2D eigenvalue weighted by Gasteiger charge is 2.29. The van der Waals surface area contributed by atoms with Gasteiger partial charge in [0.05, 0.1) is 6.42 Å². The highest BCUT2D eigenvalue weighted by molar-refractivity contribution is 5.83. The first-order valence-electron chi connectivity index (χ1n) is 5.91. The molecule has 7 heteroatoms. The SMILES string of the molecule is O=C(CCC(F)(F)F)N[C@@H](Cc1ccccc1)C(=O)O. The van der Waals surface area contributed by atoms with Crippen molar-refractivity contribution >= 4 is 11.9 Å². The zero-order valence-corrected chi connectivity index (χ0v) is 10.5. The Kier molecular flexibility index (Phi) is 5.54. The van der Waals surface area contributed by atoms with Crippen molar-refractivity contribution < 1.29 is 27.9 Å². The molecule has 0 unspecified atom stereocenters. The average Bonchev–Trinajstić information content (AvgIpc) is 2.36. The van der Waals surface area contributed by atoms with Gasteiger partial charge in [0.2, 0.25) is 5.91 Å². The maximum absolute atomic E-state index is 12.0. The smallest absolute Gasteiger partial charge is 0.389 e. The standard InChI is InChI=1S/C13H14F3NO3/c14-13(15,16)7-6-11(18)17-10(12(19)20)8-9-4-2-1-3-5-9/h1-5,10H,6-8H2,(H,17,18)(H,19,20)/t10-/m0/s1. The Morgan fingerprint density at radius 1 is 1.20 bits per heavy atom. The maximum Gasteiger partial charge on any atom is 0.389 e. The molecular formula is C13H14F3NO3. The number of nitrogens with one attached hydrogen (secondary N) is 1. The average molecular weight is 289 g/mol. The van der Waals surface area contributed by atoms with E-state index in [1.165, 1.54) is 0 Å². The van der Waals surface area contributed by atoms with Gasteiger partial charge < -0.3 is 10.4 Å². The molecular weight excluding hydrogens is 275 g/mol. The van der Waals surface area contributed by atoms with Crippen LogP contribution in [0.1, 0.15) is 18.4 Å². The molecule has 1 rings (SSSR count). The van der Waals surface area contributed by atoms with Crippen LogP contribution in [-0.4, -0.2) is 29.2 Å². The summed E-state index contributed by atoms with van der Waals surface area (Å²) >= 11 is 0. The van der Waals surface area contributed by atoms with Crippen LogP contribution in [0.15, 0.2) is 30.3 Å². The molecule has 0 radical (unpaired) electrons. The van der Waals surface area contributed by atoms with Crippen LogP contribution in [0.25, 0.3) is 0 Å². The van der Waals surface area contributed by atoms with Crippen LogP contribution in [-0.2, 0) is 16.0 Å².